The smallest absolute Gasteiger partial charge is 0.119 e. The minimum absolute atomic E-state index is 0.456. The summed E-state index contributed by atoms with van der Waals surface area (Å²) >= 11 is 0. The van der Waals surface area contributed by atoms with Crippen molar-refractivity contribution in [1.82, 2.24) is 4.90 Å². The van der Waals surface area contributed by atoms with Crippen LogP contribution in [0, 0.1) is 0 Å². The van der Waals surface area contributed by atoms with E-state index in [1.54, 1.807) is 0 Å². The summed E-state index contributed by atoms with van der Waals surface area (Å²) in [5, 5.41) is 0. The van der Waals surface area contributed by atoms with Crippen molar-refractivity contribution in [3.63, 3.8) is 0 Å². The zero-order valence-electron chi connectivity index (χ0n) is 11.3. The highest BCUT2D eigenvalue weighted by atomic mass is 16.5. The highest BCUT2D eigenvalue weighted by Crippen LogP contribution is 2.29. The molecule has 0 saturated carbocycles. The molecular formula is C15H24N2O. The molecule has 0 aliphatic carbocycles. The molecular weight excluding hydrogens is 224 g/mol. The highest BCUT2D eigenvalue weighted by molar-refractivity contribution is 5.30. The monoisotopic (exact) mass is 248 g/mol. The number of hydrogen-bond acceptors (Lipinski definition) is 3. The number of nitrogens with two attached hydrogens (primary N) is 1. The van der Waals surface area contributed by atoms with Gasteiger partial charge >= 0.3 is 0 Å². The van der Waals surface area contributed by atoms with Crippen molar-refractivity contribution in [2.75, 3.05) is 26.2 Å². The first kappa shape index (κ1) is 13.4. The van der Waals surface area contributed by atoms with E-state index in [9.17, 15) is 0 Å². The fraction of sp³-hybridized carbons (Fsp3) is 0.600. The van der Waals surface area contributed by atoms with Crippen LogP contribution in [-0.4, -0.2) is 31.1 Å². The van der Waals surface area contributed by atoms with Crippen molar-refractivity contribution in [3.8, 4) is 5.75 Å². The number of rotatable bonds is 6. The molecule has 1 atom stereocenters. The van der Waals surface area contributed by atoms with Crippen LogP contribution in [0.2, 0.25) is 0 Å². The van der Waals surface area contributed by atoms with Crippen LogP contribution in [0.3, 0.4) is 0 Å². The quantitative estimate of drug-likeness (QED) is 0.841. The minimum Gasteiger partial charge on any atom is -0.494 e. The molecule has 0 radical (unpaired) electrons. The van der Waals surface area contributed by atoms with Crippen molar-refractivity contribution in [1.29, 1.82) is 0 Å². The van der Waals surface area contributed by atoms with Crippen LogP contribution < -0.4 is 10.5 Å². The predicted molar refractivity (Wildman–Crippen MR) is 74.8 cm³/mol. The molecule has 0 amide bonds. The Morgan fingerprint density at radius 2 is 2.11 bits per heavy atom. The van der Waals surface area contributed by atoms with E-state index >= 15 is 0 Å². The van der Waals surface area contributed by atoms with Crippen molar-refractivity contribution in [2.24, 2.45) is 5.73 Å². The van der Waals surface area contributed by atoms with Gasteiger partial charge in [0, 0.05) is 6.04 Å². The Morgan fingerprint density at radius 1 is 1.33 bits per heavy atom. The largest absolute Gasteiger partial charge is 0.494 e. The SMILES string of the molecule is CCOc1cccc(C(CCN)N2CCCC2)c1. The van der Waals surface area contributed by atoms with Gasteiger partial charge in [0.1, 0.15) is 5.75 Å². The maximum Gasteiger partial charge on any atom is 0.119 e. The van der Waals surface area contributed by atoms with Crippen molar-refractivity contribution < 1.29 is 4.74 Å². The second-order valence-corrected chi connectivity index (χ2v) is 4.84. The number of benzene rings is 1. The zero-order chi connectivity index (χ0) is 12.8. The van der Waals surface area contributed by atoms with Gasteiger partial charge in [-0.2, -0.15) is 0 Å². The number of likely N-dealkylation sites (tertiary alicyclic amines) is 1. The topological polar surface area (TPSA) is 38.5 Å². The summed E-state index contributed by atoms with van der Waals surface area (Å²) in [5.74, 6) is 0.969. The van der Waals surface area contributed by atoms with Gasteiger partial charge in [-0.25, -0.2) is 0 Å². The van der Waals surface area contributed by atoms with E-state index in [1.165, 1.54) is 31.5 Å². The number of nitrogens with zero attached hydrogens (tertiary/aromatic N) is 1. The Hall–Kier alpha value is -1.06. The lowest BCUT2D eigenvalue weighted by molar-refractivity contribution is 0.235. The Bertz CT molecular complexity index is 361. The third kappa shape index (κ3) is 3.24. The van der Waals surface area contributed by atoms with Crippen LogP contribution >= 0.6 is 0 Å². The summed E-state index contributed by atoms with van der Waals surface area (Å²) < 4.78 is 5.59. The van der Waals surface area contributed by atoms with Gasteiger partial charge in [-0.05, 0) is 63.5 Å². The van der Waals surface area contributed by atoms with Gasteiger partial charge in [0.2, 0.25) is 0 Å². The van der Waals surface area contributed by atoms with Crippen LogP contribution in [0.25, 0.3) is 0 Å². The molecule has 1 unspecified atom stereocenters. The van der Waals surface area contributed by atoms with Gasteiger partial charge in [0.25, 0.3) is 0 Å². The minimum atomic E-state index is 0.456. The Labute approximate surface area is 110 Å². The number of ether oxygens (including phenoxy) is 1. The van der Waals surface area contributed by atoms with Gasteiger partial charge in [-0.15, -0.1) is 0 Å². The van der Waals surface area contributed by atoms with E-state index in [-0.39, 0.29) is 0 Å². The fourth-order valence-corrected chi connectivity index (χ4v) is 2.75. The first-order valence-electron chi connectivity index (χ1n) is 7.02. The molecule has 3 nitrogen and oxygen atoms in total. The molecule has 1 fully saturated rings. The molecule has 0 aromatic heterocycles. The molecule has 2 rings (SSSR count). The molecule has 1 aliphatic rings. The van der Waals surface area contributed by atoms with E-state index < -0.39 is 0 Å². The number of hydrogen-bond donors (Lipinski definition) is 1. The first-order chi connectivity index (χ1) is 8.85. The molecule has 3 heteroatoms. The van der Waals surface area contributed by atoms with E-state index in [1.807, 2.05) is 13.0 Å². The molecule has 1 heterocycles. The summed E-state index contributed by atoms with van der Waals surface area (Å²) in [6, 6.07) is 8.93. The molecule has 1 aromatic carbocycles. The van der Waals surface area contributed by atoms with Crippen LogP contribution in [0.1, 0.15) is 37.8 Å². The molecule has 0 spiro atoms. The van der Waals surface area contributed by atoms with E-state index in [2.05, 4.69) is 23.1 Å². The second kappa shape index (κ2) is 6.76. The summed E-state index contributed by atoms with van der Waals surface area (Å²) in [6.45, 7) is 5.87. The predicted octanol–water partition coefficient (Wildman–Crippen LogP) is 2.57. The van der Waals surface area contributed by atoms with E-state index in [0.717, 1.165) is 18.7 Å². The van der Waals surface area contributed by atoms with E-state index in [0.29, 0.717) is 12.6 Å². The van der Waals surface area contributed by atoms with Crippen molar-refractivity contribution >= 4 is 0 Å². The van der Waals surface area contributed by atoms with Gasteiger partial charge in [-0.3, -0.25) is 4.90 Å². The fourth-order valence-electron chi connectivity index (χ4n) is 2.75. The maximum absolute atomic E-state index is 5.77. The Kier molecular flexibility index (Phi) is 5.02. The van der Waals surface area contributed by atoms with Crippen LogP contribution in [-0.2, 0) is 0 Å². The van der Waals surface area contributed by atoms with Gasteiger partial charge < -0.3 is 10.5 Å². The van der Waals surface area contributed by atoms with Crippen molar-refractivity contribution in [3.05, 3.63) is 29.8 Å². The average molecular weight is 248 g/mol. The zero-order valence-corrected chi connectivity index (χ0v) is 11.3. The van der Waals surface area contributed by atoms with Gasteiger partial charge in [-0.1, -0.05) is 12.1 Å². The lowest BCUT2D eigenvalue weighted by Gasteiger charge is -2.27. The molecule has 1 saturated heterocycles. The third-order valence-electron chi connectivity index (χ3n) is 3.58. The Morgan fingerprint density at radius 3 is 2.78 bits per heavy atom. The van der Waals surface area contributed by atoms with Gasteiger partial charge in [0.15, 0.2) is 0 Å². The summed E-state index contributed by atoms with van der Waals surface area (Å²) in [6.07, 6.45) is 3.65. The normalized spacial score (nSPS) is 17.9. The van der Waals surface area contributed by atoms with Crippen LogP contribution in [0.4, 0.5) is 0 Å². The molecule has 18 heavy (non-hydrogen) atoms. The standard InChI is InChI=1S/C15H24N2O/c1-2-18-14-7-5-6-13(12-14)15(8-9-16)17-10-3-4-11-17/h5-7,12,15H,2-4,8-11,16H2,1H3. The summed E-state index contributed by atoms with van der Waals surface area (Å²) in [4.78, 5) is 2.55. The summed E-state index contributed by atoms with van der Waals surface area (Å²) in [5.41, 5.74) is 7.11. The third-order valence-corrected chi connectivity index (χ3v) is 3.58. The first-order valence-corrected chi connectivity index (χ1v) is 7.02. The molecule has 100 valence electrons. The average Bonchev–Trinajstić information content (AvgIpc) is 2.90. The Balaban J connectivity index is 2.15. The maximum atomic E-state index is 5.77. The molecule has 0 bridgehead atoms. The lowest BCUT2D eigenvalue weighted by atomic mass is 10.0. The van der Waals surface area contributed by atoms with Crippen molar-refractivity contribution in [2.45, 2.75) is 32.2 Å². The molecule has 1 aliphatic heterocycles. The lowest BCUT2D eigenvalue weighted by Crippen LogP contribution is -2.27. The summed E-state index contributed by atoms with van der Waals surface area (Å²) in [7, 11) is 0. The molecule has 2 N–H and O–H groups in total. The van der Waals surface area contributed by atoms with Gasteiger partial charge in [0.05, 0.1) is 6.61 Å². The molecule has 1 aromatic rings. The van der Waals surface area contributed by atoms with E-state index in [4.69, 9.17) is 10.5 Å². The highest BCUT2D eigenvalue weighted by Gasteiger charge is 2.22. The van der Waals surface area contributed by atoms with Crippen LogP contribution in [0.5, 0.6) is 5.75 Å². The second-order valence-electron chi connectivity index (χ2n) is 4.84. The van der Waals surface area contributed by atoms with Crippen LogP contribution in [0.15, 0.2) is 24.3 Å².